The van der Waals surface area contributed by atoms with Crippen LogP contribution < -0.4 is 5.73 Å². The van der Waals surface area contributed by atoms with E-state index < -0.39 is 0 Å². The monoisotopic (exact) mass is 199 g/mol. The molecule has 15 heavy (non-hydrogen) atoms. The zero-order chi connectivity index (χ0) is 10.8. The van der Waals surface area contributed by atoms with Crippen molar-refractivity contribution in [2.75, 3.05) is 5.73 Å². The van der Waals surface area contributed by atoms with Crippen LogP contribution >= 0.6 is 0 Å². The number of aryl methyl sites for hydroxylation is 2. The van der Waals surface area contributed by atoms with E-state index >= 15 is 0 Å². The van der Waals surface area contributed by atoms with Crippen LogP contribution in [0.4, 0.5) is 5.82 Å². The lowest BCUT2D eigenvalue weighted by Crippen LogP contribution is -1.98. The van der Waals surface area contributed by atoms with Gasteiger partial charge in [0.2, 0.25) is 0 Å². The third-order valence-corrected chi connectivity index (χ3v) is 2.26. The fourth-order valence-electron chi connectivity index (χ4n) is 1.54. The Balaban J connectivity index is 2.59. The topological polar surface area (TPSA) is 51.8 Å². The van der Waals surface area contributed by atoms with E-state index in [-0.39, 0.29) is 0 Å². The van der Waals surface area contributed by atoms with E-state index in [1.807, 2.05) is 38.1 Å². The third-order valence-electron chi connectivity index (χ3n) is 2.26. The van der Waals surface area contributed by atoms with Crippen molar-refractivity contribution in [3.8, 4) is 11.4 Å². The van der Waals surface area contributed by atoms with Crippen LogP contribution in [-0.4, -0.2) is 9.97 Å². The molecule has 0 aliphatic heterocycles. The quantitative estimate of drug-likeness (QED) is 0.767. The van der Waals surface area contributed by atoms with Crippen LogP contribution in [0.3, 0.4) is 0 Å². The van der Waals surface area contributed by atoms with Gasteiger partial charge in [0.1, 0.15) is 5.82 Å². The van der Waals surface area contributed by atoms with Gasteiger partial charge in [0.15, 0.2) is 5.82 Å². The Morgan fingerprint density at radius 3 is 2.47 bits per heavy atom. The Morgan fingerprint density at radius 2 is 1.80 bits per heavy atom. The molecular formula is C12H13N3. The molecule has 1 aromatic heterocycles. The Labute approximate surface area is 89.0 Å². The van der Waals surface area contributed by atoms with Crippen LogP contribution in [-0.2, 0) is 0 Å². The standard InChI is InChI=1S/C12H13N3/c1-8-5-3-4-6-10(8)12-14-9(2)7-11(13)15-12/h3-7H,1-2H3,(H2,13,14,15). The van der Waals surface area contributed by atoms with Gasteiger partial charge in [0.25, 0.3) is 0 Å². The molecule has 0 atom stereocenters. The Morgan fingerprint density at radius 1 is 1.07 bits per heavy atom. The van der Waals surface area contributed by atoms with E-state index in [1.54, 1.807) is 6.07 Å². The van der Waals surface area contributed by atoms with Crippen LogP contribution in [0, 0.1) is 13.8 Å². The largest absolute Gasteiger partial charge is 0.384 e. The van der Waals surface area contributed by atoms with Gasteiger partial charge in [-0.15, -0.1) is 0 Å². The highest BCUT2D eigenvalue weighted by Crippen LogP contribution is 2.20. The molecule has 2 aromatic rings. The second-order valence-corrected chi connectivity index (χ2v) is 3.57. The number of nitrogen functional groups attached to an aromatic ring is 1. The van der Waals surface area contributed by atoms with Crippen LogP contribution in [0.1, 0.15) is 11.3 Å². The van der Waals surface area contributed by atoms with E-state index in [0.717, 1.165) is 16.8 Å². The number of nitrogens with two attached hydrogens (primary N) is 1. The molecule has 76 valence electrons. The molecule has 0 spiro atoms. The van der Waals surface area contributed by atoms with Crippen molar-refractivity contribution in [2.24, 2.45) is 0 Å². The molecule has 0 amide bonds. The van der Waals surface area contributed by atoms with Gasteiger partial charge in [-0.1, -0.05) is 24.3 Å². The van der Waals surface area contributed by atoms with Crippen molar-refractivity contribution in [3.05, 3.63) is 41.6 Å². The van der Waals surface area contributed by atoms with Crippen molar-refractivity contribution in [2.45, 2.75) is 13.8 Å². The van der Waals surface area contributed by atoms with Crippen LogP contribution in [0.2, 0.25) is 0 Å². The molecule has 3 nitrogen and oxygen atoms in total. The first-order valence-electron chi connectivity index (χ1n) is 4.84. The number of aromatic nitrogens is 2. The number of benzene rings is 1. The summed E-state index contributed by atoms with van der Waals surface area (Å²) in [6.07, 6.45) is 0. The first-order valence-corrected chi connectivity index (χ1v) is 4.84. The molecule has 2 rings (SSSR count). The Kier molecular flexibility index (Phi) is 2.37. The van der Waals surface area contributed by atoms with E-state index in [4.69, 9.17) is 5.73 Å². The molecule has 0 radical (unpaired) electrons. The molecule has 0 fully saturated rings. The molecule has 0 bridgehead atoms. The highest BCUT2D eigenvalue weighted by atomic mass is 14.9. The minimum atomic E-state index is 0.515. The summed E-state index contributed by atoms with van der Waals surface area (Å²) in [5.41, 5.74) is 8.78. The molecule has 0 aliphatic carbocycles. The highest BCUT2D eigenvalue weighted by molar-refractivity contribution is 5.61. The zero-order valence-electron chi connectivity index (χ0n) is 8.86. The summed E-state index contributed by atoms with van der Waals surface area (Å²) in [5.74, 6) is 1.21. The van der Waals surface area contributed by atoms with Gasteiger partial charge in [-0.3, -0.25) is 0 Å². The first-order chi connectivity index (χ1) is 7.16. The fourth-order valence-corrected chi connectivity index (χ4v) is 1.54. The molecule has 1 aromatic carbocycles. The number of anilines is 1. The van der Waals surface area contributed by atoms with E-state index in [1.165, 1.54) is 0 Å². The predicted molar refractivity (Wildman–Crippen MR) is 61.4 cm³/mol. The maximum absolute atomic E-state index is 5.70. The number of hydrogen-bond acceptors (Lipinski definition) is 3. The molecule has 0 saturated heterocycles. The average molecular weight is 199 g/mol. The summed E-state index contributed by atoms with van der Waals surface area (Å²) in [6, 6.07) is 9.78. The highest BCUT2D eigenvalue weighted by Gasteiger charge is 2.05. The zero-order valence-corrected chi connectivity index (χ0v) is 8.86. The van der Waals surface area contributed by atoms with Crippen molar-refractivity contribution in [3.63, 3.8) is 0 Å². The predicted octanol–water partition coefficient (Wildman–Crippen LogP) is 2.34. The SMILES string of the molecule is Cc1cc(N)nc(-c2ccccc2C)n1. The minimum Gasteiger partial charge on any atom is -0.384 e. The van der Waals surface area contributed by atoms with Crippen molar-refractivity contribution >= 4 is 5.82 Å². The molecule has 2 N–H and O–H groups in total. The summed E-state index contributed by atoms with van der Waals surface area (Å²) in [6.45, 7) is 3.96. The van der Waals surface area contributed by atoms with E-state index in [9.17, 15) is 0 Å². The van der Waals surface area contributed by atoms with Gasteiger partial charge in [-0.05, 0) is 19.4 Å². The first kappa shape index (κ1) is 9.65. The molecule has 0 unspecified atom stereocenters. The summed E-state index contributed by atoms with van der Waals surface area (Å²) < 4.78 is 0. The van der Waals surface area contributed by atoms with Gasteiger partial charge in [0.05, 0.1) is 0 Å². The van der Waals surface area contributed by atoms with Gasteiger partial charge in [0, 0.05) is 17.3 Å². The van der Waals surface area contributed by atoms with E-state index in [0.29, 0.717) is 11.6 Å². The van der Waals surface area contributed by atoms with Gasteiger partial charge < -0.3 is 5.73 Å². The normalized spacial score (nSPS) is 10.3. The van der Waals surface area contributed by atoms with Crippen LogP contribution in [0.5, 0.6) is 0 Å². The fraction of sp³-hybridized carbons (Fsp3) is 0.167. The summed E-state index contributed by atoms with van der Waals surface area (Å²) >= 11 is 0. The van der Waals surface area contributed by atoms with E-state index in [2.05, 4.69) is 9.97 Å². The van der Waals surface area contributed by atoms with Gasteiger partial charge in [-0.2, -0.15) is 0 Å². The molecule has 0 aliphatic rings. The Bertz CT molecular complexity index is 472. The molecule has 3 heteroatoms. The minimum absolute atomic E-state index is 0.515. The van der Waals surface area contributed by atoms with Crippen LogP contribution in [0.15, 0.2) is 30.3 Å². The number of rotatable bonds is 1. The summed E-state index contributed by atoms with van der Waals surface area (Å²) in [7, 11) is 0. The summed E-state index contributed by atoms with van der Waals surface area (Å²) in [4.78, 5) is 8.61. The maximum Gasteiger partial charge on any atom is 0.161 e. The third kappa shape index (κ3) is 1.96. The van der Waals surface area contributed by atoms with Gasteiger partial charge in [-0.25, -0.2) is 9.97 Å². The smallest absolute Gasteiger partial charge is 0.161 e. The lowest BCUT2D eigenvalue weighted by atomic mass is 10.1. The Hall–Kier alpha value is -1.90. The number of nitrogens with zero attached hydrogens (tertiary/aromatic N) is 2. The number of hydrogen-bond donors (Lipinski definition) is 1. The summed E-state index contributed by atoms with van der Waals surface area (Å²) in [5, 5.41) is 0. The van der Waals surface area contributed by atoms with Crippen molar-refractivity contribution < 1.29 is 0 Å². The second kappa shape index (κ2) is 3.69. The molecular weight excluding hydrogens is 186 g/mol. The van der Waals surface area contributed by atoms with Crippen LogP contribution in [0.25, 0.3) is 11.4 Å². The molecule has 0 saturated carbocycles. The maximum atomic E-state index is 5.70. The van der Waals surface area contributed by atoms with Crippen molar-refractivity contribution in [1.82, 2.24) is 9.97 Å². The average Bonchev–Trinajstić information content (AvgIpc) is 2.16. The van der Waals surface area contributed by atoms with Crippen molar-refractivity contribution in [1.29, 1.82) is 0 Å². The van der Waals surface area contributed by atoms with Gasteiger partial charge >= 0.3 is 0 Å². The second-order valence-electron chi connectivity index (χ2n) is 3.57. The lowest BCUT2D eigenvalue weighted by molar-refractivity contribution is 1.11. The lowest BCUT2D eigenvalue weighted by Gasteiger charge is -2.05. The molecule has 1 heterocycles.